The molecule has 0 aliphatic carbocycles. The van der Waals surface area contributed by atoms with Crippen molar-refractivity contribution in [1.29, 1.82) is 0 Å². The standard InChI is InChI=1S/C20H18BrOPS/c1-15-7-11-17(12-8-15)23(22,20-6-4-3-5-19(20)21)24-18-13-9-16(2)10-14-18/h3-14H,1-2H3. The Kier molecular flexibility index (Phi) is 5.34. The van der Waals surface area contributed by atoms with E-state index in [0.717, 1.165) is 25.5 Å². The van der Waals surface area contributed by atoms with Gasteiger partial charge in [0.1, 0.15) is 0 Å². The molecule has 122 valence electrons. The lowest BCUT2D eigenvalue weighted by atomic mass is 10.2. The summed E-state index contributed by atoms with van der Waals surface area (Å²) in [6, 6.07) is 24.0. The summed E-state index contributed by atoms with van der Waals surface area (Å²) in [6.45, 7) is 4.10. The average molecular weight is 417 g/mol. The van der Waals surface area contributed by atoms with E-state index in [9.17, 15) is 4.57 Å². The third-order valence-electron chi connectivity index (χ3n) is 3.80. The van der Waals surface area contributed by atoms with Gasteiger partial charge >= 0.3 is 0 Å². The molecule has 3 aromatic rings. The molecule has 0 saturated carbocycles. The fourth-order valence-corrected chi connectivity index (χ4v) is 8.73. The summed E-state index contributed by atoms with van der Waals surface area (Å²) in [7, 11) is 0. The largest absolute Gasteiger partial charge is 0.302 e. The van der Waals surface area contributed by atoms with E-state index in [1.165, 1.54) is 16.9 Å². The van der Waals surface area contributed by atoms with Gasteiger partial charge in [-0.1, -0.05) is 71.0 Å². The number of hydrogen-bond donors (Lipinski definition) is 0. The van der Waals surface area contributed by atoms with Crippen LogP contribution in [0.2, 0.25) is 0 Å². The first-order valence-electron chi connectivity index (χ1n) is 7.68. The van der Waals surface area contributed by atoms with E-state index in [1.54, 1.807) is 0 Å². The van der Waals surface area contributed by atoms with Gasteiger partial charge in [0.05, 0.1) is 0 Å². The number of halogens is 1. The van der Waals surface area contributed by atoms with Gasteiger partial charge in [-0.05, 0) is 54.0 Å². The molecule has 0 aliphatic heterocycles. The van der Waals surface area contributed by atoms with Crippen LogP contribution in [0, 0.1) is 13.8 Å². The Hall–Kier alpha value is -1.28. The van der Waals surface area contributed by atoms with E-state index in [0.29, 0.717) is 0 Å². The zero-order valence-electron chi connectivity index (χ0n) is 13.6. The molecular formula is C20H18BrOPS. The smallest absolute Gasteiger partial charge is 0.200 e. The molecule has 0 bridgehead atoms. The van der Waals surface area contributed by atoms with Crippen LogP contribution in [0.4, 0.5) is 0 Å². The van der Waals surface area contributed by atoms with Gasteiger partial charge in [0, 0.05) is 20.0 Å². The van der Waals surface area contributed by atoms with E-state index in [1.807, 2.05) is 67.6 Å². The molecule has 1 atom stereocenters. The van der Waals surface area contributed by atoms with Crippen LogP contribution in [0.25, 0.3) is 0 Å². The summed E-state index contributed by atoms with van der Waals surface area (Å²) in [6.07, 6.45) is -2.85. The van der Waals surface area contributed by atoms with E-state index in [2.05, 4.69) is 35.0 Å². The molecular weight excluding hydrogens is 399 g/mol. The van der Waals surface area contributed by atoms with Gasteiger partial charge in [-0.2, -0.15) is 0 Å². The normalized spacial score (nSPS) is 13.5. The molecule has 0 N–H and O–H groups in total. The molecule has 3 rings (SSSR count). The van der Waals surface area contributed by atoms with Crippen molar-refractivity contribution >= 4 is 44.3 Å². The van der Waals surface area contributed by atoms with Crippen LogP contribution in [0.3, 0.4) is 0 Å². The van der Waals surface area contributed by atoms with E-state index >= 15 is 0 Å². The van der Waals surface area contributed by atoms with Crippen LogP contribution in [-0.4, -0.2) is 0 Å². The van der Waals surface area contributed by atoms with Gasteiger partial charge < -0.3 is 4.57 Å². The maximum atomic E-state index is 14.1. The minimum absolute atomic E-state index is 0.847. The minimum atomic E-state index is -2.85. The van der Waals surface area contributed by atoms with Crippen molar-refractivity contribution in [1.82, 2.24) is 0 Å². The van der Waals surface area contributed by atoms with E-state index < -0.39 is 6.34 Å². The predicted octanol–water partition coefficient (Wildman–Crippen LogP) is 6.09. The third-order valence-corrected chi connectivity index (χ3v) is 10.2. The molecule has 0 radical (unpaired) electrons. The lowest BCUT2D eigenvalue weighted by Gasteiger charge is -2.20. The van der Waals surface area contributed by atoms with Crippen molar-refractivity contribution in [3.63, 3.8) is 0 Å². The van der Waals surface area contributed by atoms with Crippen molar-refractivity contribution in [3.8, 4) is 0 Å². The van der Waals surface area contributed by atoms with Crippen molar-refractivity contribution in [3.05, 3.63) is 88.4 Å². The Bertz CT molecular complexity index is 888. The molecule has 1 nitrogen and oxygen atoms in total. The second kappa shape index (κ2) is 7.31. The number of rotatable bonds is 4. The second-order valence-corrected chi connectivity index (χ2v) is 11.4. The number of benzene rings is 3. The highest BCUT2D eigenvalue weighted by Gasteiger charge is 2.30. The highest BCUT2D eigenvalue weighted by molar-refractivity contribution is 9.10. The van der Waals surface area contributed by atoms with Crippen molar-refractivity contribution < 1.29 is 4.57 Å². The maximum absolute atomic E-state index is 14.1. The fourth-order valence-electron chi connectivity index (χ4n) is 2.42. The molecule has 0 amide bonds. The van der Waals surface area contributed by atoms with Gasteiger partial charge in [0.2, 0.25) is 6.34 Å². The molecule has 0 aliphatic rings. The third kappa shape index (κ3) is 3.69. The van der Waals surface area contributed by atoms with E-state index in [-0.39, 0.29) is 0 Å². The monoisotopic (exact) mass is 416 g/mol. The molecule has 0 saturated heterocycles. The van der Waals surface area contributed by atoms with Crippen LogP contribution in [0.1, 0.15) is 11.1 Å². The molecule has 3 aromatic carbocycles. The van der Waals surface area contributed by atoms with Crippen LogP contribution in [0.15, 0.2) is 82.2 Å². The first-order chi connectivity index (χ1) is 11.5. The number of hydrogen-bond acceptors (Lipinski definition) is 2. The van der Waals surface area contributed by atoms with Crippen molar-refractivity contribution in [2.75, 3.05) is 0 Å². The summed E-state index contributed by atoms with van der Waals surface area (Å²) >= 11 is 5.03. The molecule has 24 heavy (non-hydrogen) atoms. The summed E-state index contributed by atoms with van der Waals surface area (Å²) < 4.78 is 15.0. The molecule has 4 heteroatoms. The van der Waals surface area contributed by atoms with Crippen LogP contribution >= 0.6 is 33.7 Å². The summed E-state index contributed by atoms with van der Waals surface area (Å²) in [5.74, 6) is 0. The SMILES string of the molecule is Cc1ccc(SP(=O)(c2ccc(C)cc2)c2ccccc2Br)cc1. The Morgan fingerprint density at radius 1 is 0.792 bits per heavy atom. The van der Waals surface area contributed by atoms with Crippen LogP contribution < -0.4 is 10.6 Å². The van der Waals surface area contributed by atoms with Gasteiger partial charge in [-0.3, -0.25) is 0 Å². The molecule has 0 spiro atoms. The highest BCUT2D eigenvalue weighted by Crippen LogP contribution is 2.60. The zero-order valence-corrected chi connectivity index (χ0v) is 16.9. The van der Waals surface area contributed by atoms with Crippen molar-refractivity contribution in [2.45, 2.75) is 18.7 Å². The minimum Gasteiger partial charge on any atom is -0.302 e. The Morgan fingerprint density at radius 3 is 1.92 bits per heavy atom. The second-order valence-electron chi connectivity index (χ2n) is 5.74. The average Bonchev–Trinajstić information content (AvgIpc) is 2.58. The molecule has 1 unspecified atom stereocenters. The summed E-state index contributed by atoms with van der Waals surface area (Å²) in [5, 5.41) is 1.71. The Balaban J connectivity index is 2.13. The quantitative estimate of drug-likeness (QED) is 0.478. The topological polar surface area (TPSA) is 17.1 Å². The summed E-state index contributed by atoms with van der Waals surface area (Å²) in [5.41, 5.74) is 2.36. The zero-order chi connectivity index (χ0) is 17.2. The van der Waals surface area contributed by atoms with Crippen molar-refractivity contribution in [2.24, 2.45) is 0 Å². The van der Waals surface area contributed by atoms with Gasteiger partial charge in [0.15, 0.2) is 0 Å². The predicted molar refractivity (Wildman–Crippen MR) is 109 cm³/mol. The first kappa shape index (κ1) is 17.5. The maximum Gasteiger partial charge on any atom is 0.200 e. The molecule has 0 fully saturated rings. The lowest BCUT2D eigenvalue weighted by Crippen LogP contribution is -2.15. The highest BCUT2D eigenvalue weighted by atomic mass is 79.9. The summed E-state index contributed by atoms with van der Waals surface area (Å²) in [4.78, 5) is 1.01. The molecule has 0 aromatic heterocycles. The Morgan fingerprint density at radius 2 is 1.33 bits per heavy atom. The van der Waals surface area contributed by atoms with Crippen LogP contribution in [-0.2, 0) is 4.57 Å². The Labute approximate surface area is 155 Å². The van der Waals surface area contributed by atoms with Gasteiger partial charge in [-0.15, -0.1) is 0 Å². The van der Waals surface area contributed by atoms with Gasteiger partial charge in [-0.25, -0.2) is 0 Å². The van der Waals surface area contributed by atoms with Crippen LogP contribution in [0.5, 0.6) is 0 Å². The number of aryl methyl sites for hydroxylation is 2. The lowest BCUT2D eigenvalue weighted by molar-refractivity contribution is 0.595. The fraction of sp³-hybridized carbons (Fsp3) is 0.100. The first-order valence-corrected chi connectivity index (χ1v) is 11.6. The van der Waals surface area contributed by atoms with E-state index in [4.69, 9.17) is 0 Å². The van der Waals surface area contributed by atoms with Gasteiger partial charge in [0.25, 0.3) is 0 Å². The molecule has 0 heterocycles.